The van der Waals surface area contributed by atoms with Crippen LogP contribution in [0.2, 0.25) is 0 Å². The monoisotopic (exact) mass is 412 g/mol. The van der Waals surface area contributed by atoms with E-state index in [1.54, 1.807) is 42.9 Å². The molecule has 30 heavy (non-hydrogen) atoms. The molecular weight excluding hydrogens is 392 g/mol. The van der Waals surface area contributed by atoms with Crippen molar-refractivity contribution >= 4 is 17.6 Å². The SMILES string of the molecule is Cc1c(NC(=O)C(C)OC(=O)c2cc(O)[nH]c(=O)c2)c(=O)n(-c2ccccc2)n1C. The van der Waals surface area contributed by atoms with Crippen molar-refractivity contribution in [2.24, 2.45) is 7.05 Å². The third kappa shape index (κ3) is 4.02. The number of hydrogen-bond donors (Lipinski definition) is 3. The Morgan fingerprint density at radius 3 is 2.47 bits per heavy atom. The number of amides is 1. The van der Waals surface area contributed by atoms with Crippen LogP contribution in [0, 0.1) is 6.92 Å². The molecule has 3 rings (SSSR count). The number of rotatable bonds is 5. The smallest absolute Gasteiger partial charge is 0.339 e. The number of H-pyrrole nitrogens is 1. The van der Waals surface area contributed by atoms with Crippen molar-refractivity contribution < 1.29 is 19.4 Å². The molecule has 1 amide bonds. The number of nitrogens with one attached hydrogen (secondary N) is 2. The largest absolute Gasteiger partial charge is 0.494 e. The van der Waals surface area contributed by atoms with Gasteiger partial charge in [-0.25, -0.2) is 9.48 Å². The van der Waals surface area contributed by atoms with Gasteiger partial charge in [0.05, 0.1) is 16.9 Å². The molecule has 156 valence electrons. The van der Waals surface area contributed by atoms with Crippen LogP contribution in [0.4, 0.5) is 5.69 Å². The van der Waals surface area contributed by atoms with Crippen molar-refractivity contribution in [3.63, 3.8) is 0 Å². The maximum Gasteiger partial charge on any atom is 0.339 e. The molecule has 0 fully saturated rings. The normalized spacial score (nSPS) is 11.7. The van der Waals surface area contributed by atoms with Crippen molar-refractivity contribution in [1.29, 1.82) is 0 Å². The number of anilines is 1. The highest BCUT2D eigenvalue weighted by molar-refractivity contribution is 5.97. The van der Waals surface area contributed by atoms with Crippen molar-refractivity contribution in [3.05, 3.63) is 74.4 Å². The van der Waals surface area contributed by atoms with Crippen LogP contribution in [0.15, 0.2) is 52.1 Å². The maximum atomic E-state index is 12.8. The lowest BCUT2D eigenvalue weighted by atomic mass is 10.2. The molecule has 3 aromatic rings. The van der Waals surface area contributed by atoms with E-state index >= 15 is 0 Å². The number of nitrogens with zero attached hydrogens (tertiary/aromatic N) is 2. The van der Waals surface area contributed by atoms with Crippen molar-refractivity contribution in [2.45, 2.75) is 20.0 Å². The topological polar surface area (TPSA) is 135 Å². The summed E-state index contributed by atoms with van der Waals surface area (Å²) in [7, 11) is 1.68. The van der Waals surface area contributed by atoms with Crippen molar-refractivity contribution in [2.75, 3.05) is 5.32 Å². The van der Waals surface area contributed by atoms with E-state index in [-0.39, 0.29) is 11.3 Å². The molecule has 2 heterocycles. The summed E-state index contributed by atoms with van der Waals surface area (Å²) < 4.78 is 8.05. The zero-order valence-corrected chi connectivity index (χ0v) is 16.5. The second-order valence-corrected chi connectivity index (χ2v) is 6.59. The molecule has 0 aliphatic rings. The number of para-hydroxylation sites is 1. The molecule has 0 radical (unpaired) electrons. The standard InChI is InChI=1S/C20H20N4O6/c1-11-17(19(28)24(23(11)3)14-7-5-4-6-8-14)22-18(27)12(2)30-20(29)13-9-15(25)21-16(26)10-13/h4-10,12H,1-3H3,(H,22,27)(H2,21,25,26). The third-order valence-electron chi connectivity index (χ3n) is 4.52. The number of carbonyl (C=O) groups is 2. The Balaban J connectivity index is 1.80. The van der Waals surface area contributed by atoms with Crippen molar-refractivity contribution in [1.82, 2.24) is 14.3 Å². The summed E-state index contributed by atoms with van der Waals surface area (Å²) in [4.78, 5) is 51.0. The Labute approximate surface area is 170 Å². The van der Waals surface area contributed by atoms with Crippen LogP contribution >= 0.6 is 0 Å². The van der Waals surface area contributed by atoms with Gasteiger partial charge in [-0.2, -0.15) is 0 Å². The van der Waals surface area contributed by atoms with E-state index in [2.05, 4.69) is 10.3 Å². The number of aromatic hydroxyl groups is 1. The number of aromatic nitrogens is 3. The summed E-state index contributed by atoms with van der Waals surface area (Å²) in [6.45, 7) is 3.00. The van der Waals surface area contributed by atoms with Gasteiger partial charge in [-0.05, 0) is 26.0 Å². The second kappa shape index (κ2) is 8.11. The predicted molar refractivity (Wildman–Crippen MR) is 108 cm³/mol. The van der Waals surface area contributed by atoms with Gasteiger partial charge in [-0.15, -0.1) is 0 Å². The van der Waals surface area contributed by atoms with E-state index in [1.165, 1.54) is 11.6 Å². The van der Waals surface area contributed by atoms with E-state index in [1.807, 2.05) is 6.07 Å². The number of ether oxygens (including phenoxy) is 1. The Kier molecular flexibility index (Phi) is 5.58. The first-order valence-corrected chi connectivity index (χ1v) is 8.98. The first-order valence-electron chi connectivity index (χ1n) is 8.98. The second-order valence-electron chi connectivity index (χ2n) is 6.59. The fourth-order valence-electron chi connectivity index (χ4n) is 2.87. The lowest BCUT2D eigenvalue weighted by Crippen LogP contribution is -2.32. The van der Waals surface area contributed by atoms with Gasteiger partial charge in [0.15, 0.2) is 12.0 Å². The lowest BCUT2D eigenvalue weighted by Gasteiger charge is -2.13. The molecule has 1 unspecified atom stereocenters. The molecule has 0 aliphatic heterocycles. The van der Waals surface area contributed by atoms with Gasteiger partial charge in [-0.1, -0.05) is 18.2 Å². The molecular formula is C20H20N4O6. The van der Waals surface area contributed by atoms with Gasteiger partial charge in [0.1, 0.15) is 5.69 Å². The molecule has 0 bridgehead atoms. The number of pyridine rings is 1. The van der Waals surface area contributed by atoms with Gasteiger partial charge in [0.25, 0.3) is 17.0 Å². The third-order valence-corrected chi connectivity index (χ3v) is 4.52. The molecule has 0 saturated heterocycles. The number of esters is 1. The first kappa shape index (κ1) is 20.6. The van der Waals surface area contributed by atoms with Crippen LogP contribution in [0.3, 0.4) is 0 Å². The Bertz CT molecular complexity index is 1220. The van der Waals surface area contributed by atoms with Crippen LogP contribution in [0.1, 0.15) is 23.0 Å². The molecule has 10 heteroatoms. The van der Waals surface area contributed by atoms with E-state index < -0.39 is 35.0 Å². The minimum atomic E-state index is -1.26. The van der Waals surface area contributed by atoms with E-state index in [0.29, 0.717) is 11.4 Å². The number of benzene rings is 1. The predicted octanol–water partition coefficient (Wildman–Crippen LogP) is 1.06. The highest BCUT2D eigenvalue weighted by Gasteiger charge is 2.24. The fourth-order valence-corrected chi connectivity index (χ4v) is 2.87. The highest BCUT2D eigenvalue weighted by atomic mass is 16.5. The Hall–Kier alpha value is -4.08. The van der Waals surface area contributed by atoms with E-state index in [0.717, 1.165) is 12.1 Å². The molecule has 3 N–H and O–H groups in total. The molecule has 10 nitrogen and oxygen atoms in total. The fraction of sp³-hybridized carbons (Fsp3) is 0.200. The molecule has 1 aromatic carbocycles. The first-order chi connectivity index (χ1) is 14.2. The highest BCUT2D eigenvalue weighted by Crippen LogP contribution is 2.15. The molecule has 0 aliphatic carbocycles. The number of hydrogen-bond acceptors (Lipinski definition) is 6. The van der Waals surface area contributed by atoms with Gasteiger partial charge in [-0.3, -0.25) is 24.0 Å². The maximum absolute atomic E-state index is 12.8. The average molecular weight is 412 g/mol. The quantitative estimate of drug-likeness (QED) is 0.536. The molecule has 2 aromatic heterocycles. The summed E-state index contributed by atoms with van der Waals surface area (Å²) in [5, 5.41) is 11.9. The van der Waals surface area contributed by atoms with Crippen LogP contribution in [0.5, 0.6) is 5.88 Å². The van der Waals surface area contributed by atoms with Gasteiger partial charge < -0.3 is 15.2 Å². The molecule has 1 atom stereocenters. The zero-order valence-electron chi connectivity index (χ0n) is 16.5. The minimum absolute atomic E-state index is 0.0584. The van der Waals surface area contributed by atoms with Crippen LogP contribution < -0.4 is 16.4 Å². The van der Waals surface area contributed by atoms with Gasteiger partial charge in [0.2, 0.25) is 0 Å². The zero-order chi connectivity index (χ0) is 22.0. The summed E-state index contributed by atoms with van der Waals surface area (Å²) >= 11 is 0. The molecule has 0 spiro atoms. The minimum Gasteiger partial charge on any atom is -0.494 e. The van der Waals surface area contributed by atoms with Crippen LogP contribution in [0.25, 0.3) is 5.69 Å². The summed E-state index contributed by atoms with van der Waals surface area (Å²) in [6, 6.07) is 10.9. The van der Waals surface area contributed by atoms with E-state index in [9.17, 15) is 24.3 Å². The summed E-state index contributed by atoms with van der Waals surface area (Å²) in [5.41, 5.74) is -0.147. The van der Waals surface area contributed by atoms with Crippen LogP contribution in [-0.2, 0) is 16.6 Å². The number of carbonyl (C=O) groups excluding carboxylic acids is 2. The van der Waals surface area contributed by atoms with E-state index in [4.69, 9.17) is 4.74 Å². The summed E-state index contributed by atoms with van der Waals surface area (Å²) in [5.74, 6) is -2.19. The Morgan fingerprint density at radius 1 is 1.17 bits per heavy atom. The van der Waals surface area contributed by atoms with Gasteiger partial charge >= 0.3 is 5.97 Å². The lowest BCUT2D eigenvalue weighted by molar-refractivity contribution is -0.123. The van der Waals surface area contributed by atoms with Crippen LogP contribution in [-0.4, -0.2) is 37.4 Å². The molecule has 0 saturated carbocycles. The number of aromatic amines is 1. The Morgan fingerprint density at radius 2 is 1.83 bits per heavy atom. The van der Waals surface area contributed by atoms with Gasteiger partial charge in [0, 0.05) is 19.2 Å². The van der Waals surface area contributed by atoms with Crippen molar-refractivity contribution in [3.8, 4) is 11.6 Å². The average Bonchev–Trinajstić information content (AvgIpc) is 2.91. The summed E-state index contributed by atoms with van der Waals surface area (Å²) in [6.07, 6.45) is -1.26.